The summed E-state index contributed by atoms with van der Waals surface area (Å²) in [4.78, 5) is 45.1. The molecule has 0 saturated carbocycles. The van der Waals surface area contributed by atoms with E-state index in [1.807, 2.05) is 39.0 Å². The van der Waals surface area contributed by atoms with Crippen LogP contribution in [0.4, 0.5) is 5.69 Å². The molecule has 3 aromatic heterocycles. The van der Waals surface area contributed by atoms with Gasteiger partial charge in [0.15, 0.2) is 0 Å². The van der Waals surface area contributed by atoms with E-state index < -0.39 is 5.69 Å². The third-order valence-electron chi connectivity index (χ3n) is 6.26. The summed E-state index contributed by atoms with van der Waals surface area (Å²) >= 11 is 1.24. The van der Waals surface area contributed by atoms with Gasteiger partial charge in [0.2, 0.25) is 5.91 Å². The number of pyridine rings is 1. The number of aryl methyl sites for hydroxylation is 3. The number of carbonyl (C=O) groups is 1. The Balaban J connectivity index is 1.62. The average Bonchev–Trinajstić information content (AvgIpc) is 3.44. The summed E-state index contributed by atoms with van der Waals surface area (Å²) < 4.78 is 8.71. The van der Waals surface area contributed by atoms with Crippen LogP contribution < -0.4 is 16.6 Å². The number of benzene rings is 1. The predicted octanol–water partition coefficient (Wildman–Crippen LogP) is 3.52. The van der Waals surface area contributed by atoms with Crippen LogP contribution in [0, 0.1) is 20.8 Å². The average molecular weight is 479 g/mol. The summed E-state index contributed by atoms with van der Waals surface area (Å²) in [7, 11) is 0. The van der Waals surface area contributed by atoms with Crippen LogP contribution in [0.1, 0.15) is 29.5 Å². The van der Waals surface area contributed by atoms with Gasteiger partial charge in [0.25, 0.3) is 5.56 Å². The number of carbonyl (C=O) groups excluding carboxylic acids is 1. The summed E-state index contributed by atoms with van der Waals surface area (Å²) in [5.74, 6) is -0.330. The summed E-state index contributed by atoms with van der Waals surface area (Å²) in [5.41, 5.74) is 3.35. The van der Waals surface area contributed by atoms with E-state index in [1.165, 1.54) is 20.5 Å². The fourth-order valence-corrected chi connectivity index (χ4v) is 5.88. The van der Waals surface area contributed by atoms with Crippen LogP contribution in [0.3, 0.4) is 0 Å². The number of fused-ring (bicyclic) bond motifs is 3. The molecule has 1 aliphatic heterocycles. The Morgan fingerprint density at radius 1 is 1.21 bits per heavy atom. The fraction of sp³-hybridized carbons (Fsp3) is 0.360. The van der Waals surface area contributed by atoms with Gasteiger partial charge in [-0.05, 0) is 56.9 Å². The van der Waals surface area contributed by atoms with Crippen molar-refractivity contribution < 1.29 is 9.53 Å². The molecule has 0 bridgehead atoms. The van der Waals surface area contributed by atoms with Crippen molar-refractivity contribution in [3.63, 3.8) is 0 Å². The molecule has 8 nitrogen and oxygen atoms in total. The lowest BCUT2D eigenvalue weighted by molar-refractivity contribution is -0.116. The highest BCUT2D eigenvalue weighted by Crippen LogP contribution is 2.29. The number of ether oxygens (including phenoxy) is 1. The zero-order chi connectivity index (χ0) is 24.0. The van der Waals surface area contributed by atoms with Crippen LogP contribution in [-0.4, -0.2) is 32.7 Å². The minimum atomic E-state index is -0.510. The molecule has 1 N–H and O–H groups in total. The van der Waals surface area contributed by atoms with Crippen LogP contribution in [0.15, 0.2) is 40.1 Å². The van der Waals surface area contributed by atoms with Crippen LogP contribution in [0.5, 0.6) is 0 Å². The molecule has 9 heteroatoms. The summed E-state index contributed by atoms with van der Waals surface area (Å²) in [6, 6.07) is 7.60. The number of hydrogen-bond acceptors (Lipinski definition) is 6. The number of amides is 1. The van der Waals surface area contributed by atoms with Crippen molar-refractivity contribution in [2.24, 2.45) is 0 Å². The second kappa shape index (κ2) is 8.81. The lowest BCUT2D eigenvalue weighted by Crippen LogP contribution is -2.43. The molecular formula is C25H26N4O4S. The Morgan fingerprint density at radius 2 is 1.97 bits per heavy atom. The third-order valence-corrected chi connectivity index (χ3v) is 7.36. The maximum absolute atomic E-state index is 13.6. The van der Waals surface area contributed by atoms with Gasteiger partial charge < -0.3 is 10.1 Å². The Labute approximate surface area is 199 Å². The van der Waals surface area contributed by atoms with Crippen LogP contribution in [0.2, 0.25) is 0 Å². The Bertz CT molecular complexity index is 1520. The number of anilines is 1. The highest BCUT2D eigenvalue weighted by atomic mass is 32.1. The van der Waals surface area contributed by atoms with E-state index in [1.54, 1.807) is 12.3 Å². The van der Waals surface area contributed by atoms with E-state index in [9.17, 15) is 14.4 Å². The van der Waals surface area contributed by atoms with Crippen molar-refractivity contribution in [1.82, 2.24) is 14.1 Å². The van der Waals surface area contributed by atoms with Gasteiger partial charge in [0.05, 0.1) is 18.2 Å². The van der Waals surface area contributed by atoms with E-state index in [0.717, 1.165) is 35.2 Å². The zero-order valence-electron chi connectivity index (χ0n) is 19.4. The molecule has 34 heavy (non-hydrogen) atoms. The van der Waals surface area contributed by atoms with Crippen LogP contribution in [0.25, 0.3) is 20.4 Å². The molecule has 1 unspecified atom stereocenters. The summed E-state index contributed by atoms with van der Waals surface area (Å²) in [6.45, 7) is 6.48. The topological polar surface area (TPSA) is 95.2 Å². The van der Waals surface area contributed by atoms with Gasteiger partial charge in [-0.2, -0.15) is 0 Å². The summed E-state index contributed by atoms with van der Waals surface area (Å²) in [6.07, 6.45) is 3.17. The molecule has 1 fully saturated rings. The van der Waals surface area contributed by atoms with Gasteiger partial charge in [-0.1, -0.05) is 17.7 Å². The number of nitrogens with one attached hydrogen (secondary N) is 1. The normalized spacial score (nSPS) is 15.9. The lowest BCUT2D eigenvalue weighted by atomic mass is 10.1. The maximum Gasteiger partial charge on any atom is 0.332 e. The van der Waals surface area contributed by atoms with Crippen LogP contribution in [-0.2, 0) is 22.6 Å². The Kier molecular flexibility index (Phi) is 5.83. The second-order valence-corrected chi connectivity index (χ2v) is 9.88. The first kappa shape index (κ1) is 22.5. The van der Waals surface area contributed by atoms with E-state index in [-0.39, 0.29) is 30.7 Å². The predicted molar refractivity (Wildman–Crippen MR) is 134 cm³/mol. The highest BCUT2D eigenvalue weighted by Gasteiger charge is 2.24. The molecule has 0 spiro atoms. The van der Waals surface area contributed by atoms with Crippen LogP contribution >= 0.6 is 11.3 Å². The SMILES string of the molecule is Cc1cc(C)c(NC(=O)Cn2c(=O)n(CC3CCCO3)c(=O)c3sc4ncccc4c32)c(C)c1. The van der Waals surface area contributed by atoms with E-state index >= 15 is 0 Å². The van der Waals surface area contributed by atoms with Gasteiger partial charge in [-0.15, -0.1) is 11.3 Å². The standard InChI is InChI=1S/C25H26N4O4S/c1-14-10-15(2)20(16(3)11-14)27-19(30)13-28-21-18-7-4-8-26-23(18)34-22(21)24(31)29(25(28)32)12-17-6-5-9-33-17/h4,7-8,10-11,17H,5-6,9,12-13H2,1-3H3,(H,27,30). The van der Waals surface area contributed by atoms with Crippen molar-refractivity contribution in [1.29, 1.82) is 0 Å². The van der Waals surface area contributed by atoms with Gasteiger partial charge >= 0.3 is 5.69 Å². The minimum Gasteiger partial charge on any atom is -0.376 e. The number of nitrogens with zero attached hydrogens (tertiary/aromatic N) is 3. The summed E-state index contributed by atoms with van der Waals surface area (Å²) in [5, 5.41) is 3.66. The first-order valence-corrected chi connectivity index (χ1v) is 12.2. The number of aromatic nitrogens is 3. The molecule has 1 atom stereocenters. The minimum absolute atomic E-state index is 0.174. The van der Waals surface area contributed by atoms with Crippen molar-refractivity contribution in [3.8, 4) is 0 Å². The van der Waals surface area contributed by atoms with Gasteiger partial charge in [0, 0.05) is 23.9 Å². The Morgan fingerprint density at radius 3 is 2.68 bits per heavy atom. The molecule has 0 aliphatic carbocycles. The Hall–Kier alpha value is -3.30. The van der Waals surface area contributed by atoms with E-state index in [0.29, 0.717) is 27.0 Å². The highest BCUT2D eigenvalue weighted by molar-refractivity contribution is 7.25. The second-order valence-electron chi connectivity index (χ2n) is 8.88. The fourth-order valence-electron chi connectivity index (χ4n) is 4.78. The third kappa shape index (κ3) is 3.95. The molecule has 1 amide bonds. The molecule has 0 radical (unpaired) electrons. The van der Waals surface area contributed by atoms with Crippen molar-refractivity contribution in [2.75, 3.05) is 11.9 Å². The van der Waals surface area contributed by atoms with Crippen molar-refractivity contribution >= 4 is 43.4 Å². The number of thiophene rings is 1. The largest absolute Gasteiger partial charge is 0.376 e. The molecule has 1 aliphatic rings. The molecular weight excluding hydrogens is 452 g/mol. The number of rotatable bonds is 5. The lowest BCUT2D eigenvalue weighted by Gasteiger charge is -2.16. The molecule has 176 valence electrons. The molecule has 1 saturated heterocycles. The smallest absolute Gasteiger partial charge is 0.332 e. The van der Waals surface area contributed by atoms with Crippen molar-refractivity contribution in [2.45, 2.75) is 52.8 Å². The quantitative estimate of drug-likeness (QED) is 0.474. The van der Waals surface area contributed by atoms with Gasteiger partial charge in [-0.25, -0.2) is 9.78 Å². The molecule has 5 rings (SSSR count). The van der Waals surface area contributed by atoms with Crippen molar-refractivity contribution in [3.05, 3.63) is 68.0 Å². The monoisotopic (exact) mass is 478 g/mol. The molecule has 4 heterocycles. The maximum atomic E-state index is 13.6. The zero-order valence-corrected chi connectivity index (χ0v) is 20.2. The van der Waals surface area contributed by atoms with E-state index in [2.05, 4.69) is 10.3 Å². The molecule has 1 aromatic carbocycles. The van der Waals surface area contributed by atoms with Gasteiger partial charge in [0.1, 0.15) is 16.1 Å². The number of hydrogen-bond donors (Lipinski definition) is 1. The van der Waals surface area contributed by atoms with E-state index in [4.69, 9.17) is 4.74 Å². The molecule has 4 aromatic rings. The first-order valence-electron chi connectivity index (χ1n) is 11.3. The first-order chi connectivity index (χ1) is 16.3. The van der Waals surface area contributed by atoms with Gasteiger partial charge in [-0.3, -0.25) is 18.7 Å².